The molecule has 1 N–H and O–H groups in total. The van der Waals surface area contributed by atoms with Gasteiger partial charge in [-0.15, -0.1) is 0 Å². The van der Waals surface area contributed by atoms with Crippen molar-refractivity contribution in [3.8, 4) is 0 Å². The van der Waals surface area contributed by atoms with E-state index in [2.05, 4.69) is 5.32 Å². The van der Waals surface area contributed by atoms with Gasteiger partial charge in [0.1, 0.15) is 6.54 Å². The summed E-state index contributed by atoms with van der Waals surface area (Å²) in [7, 11) is 0. The highest BCUT2D eigenvalue weighted by Gasteiger charge is 2.14. The number of rotatable bonds is 5. The number of esters is 1. The first-order valence-corrected chi connectivity index (χ1v) is 9.00. The number of carbonyl (C=O) groups is 2. The number of nitrogens with zero attached hydrogens (tertiary/aromatic N) is 1. The number of anilines is 1. The number of halogens is 1. The van der Waals surface area contributed by atoms with Gasteiger partial charge >= 0.3 is 5.97 Å². The third kappa shape index (κ3) is 4.31. The van der Waals surface area contributed by atoms with Gasteiger partial charge in [-0.3, -0.25) is 9.59 Å². The van der Waals surface area contributed by atoms with Crippen molar-refractivity contribution in [1.82, 2.24) is 4.57 Å². The molecule has 27 heavy (non-hydrogen) atoms. The van der Waals surface area contributed by atoms with E-state index in [1.54, 1.807) is 6.07 Å². The number of para-hydroxylation sites is 1. The average molecular weight is 385 g/mol. The van der Waals surface area contributed by atoms with Gasteiger partial charge < -0.3 is 14.6 Å². The van der Waals surface area contributed by atoms with Crippen LogP contribution in [0.2, 0.25) is 5.02 Å². The summed E-state index contributed by atoms with van der Waals surface area (Å²) < 4.78 is 7.01. The lowest BCUT2D eigenvalue weighted by Crippen LogP contribution is -2.23. The SMILES string of the molecule is Cc1cc(C)c(NC(=O)COC(=O)Cn2c(C)cc3ccccc32)c(Cl)c1. The lowest BCUT2D eigenvalue weighted by atomic mass is 10.1. The van der Waals surface area contributed by atoms with E-state index in [0.29, 0.717) is 10.7 Å². The Hall–Kier alpha value is -2.79. The van der Waals surface area contributed by atoms with Gasteiger partial charge in [0.05, 0.1) is 10.7 Å². The number of hydrogen-bond acceptors (Lipinski definition) is 3. The van der Waals surface area contributed by atoms with Gasteiger partial charge in [0.2, 0.25) is 0 Å². The molecule has 0 saturated heterocycles. The molecule has 0 unspecified atom stereocenters. The van der Waals surface area contributed by atoms with Crippen LogP contribution in [0.15, 0.2) is 42.5 Å². The van der Waals surface area contributed by atoms with Crippen LogP contribution in [0.1, 0.15) is 16.8 Å². The maximum atomic E-state index is 12.2. The Morgan fingerprint density at radius 1 is 1.11 bits per heavy atom. The average Bonchev–Trinajstić information content (AvgIpc) is 2.92. The normalized spacial score (nSPS) is 10.8. The molecular formula is C21H21ClN2O3. The van der Waals surface area contributed by atoms with Gasteiger partial charge in [-0.25, -0.2) is 0 Å². The summed E-state index contributed by atoms with van der Waals surface area (Å²) in [5.74, 6) is -0.896. The van der Waals surface area contributed by atoms with Crippen molar-refractivity contribution in [3.63, 3.8) is 0 Å². The molecule has 0 fully saturated rings. The first-order valence-electron chi connectivity index (χ1n) is 8.62. The van der Waals surface area contributed by atoms with Crippen LogP contribution in [0.5, 0.6) is 0 Å². The first-order chi connectivity index (χ1) is 12.8. The number of ether oxygens (including phenoxy) is 1. The molecular weight excluding hydrogens is 364 g/mol. The quantitative estimate of drug-likeness (QED) is 0.663. The molecule has 1 heterocycles. The maximum absolute atomic E-state index is 12.2. The van der Waals surface area contributed by atoms with Crippen molar-refractivity contribution in [3.05, 3.63) is 64.3 Å². The van der Waals surface area contributed by atoms with Gasteiger partial charge in [-0.1, -0.05) is 35.9 Å². The van der Waals surface area contributed by atoms with Crippen LogP contribution in [0.4, 0.5) is 5.69 Å². The van der Waals surface area contributed by atoms with E-state index in [1.165, 1.54) is 0 Å². The van der Waals surface area contributed by atoms with Gasteiger partial charge in [0.25, 0.3) is 5.91 Å². The zero-order chi connectivity index (χ0) is 19.6. The highest BCUT2D eigenvalue weighted by atomic mass is 35.5. The minimum Gasteiger partial charge on any atom is -0.454 e. The van der Waals surface area contributed by atoms with E-state index >= 15 is 0 Å². The van der Waals surface area contributed by atoms with Crippen LogP contribution in [0, 0.1) is 20.8 Å². The number of benzene rings is 2. The van der Waals surface area contributed by atoms with Crippen LogP contribution in [0.3, 0.4) is 0 Å². The van der Waals surface area contributed by atoms with Gasteiger partial charge in [0.15, 0.2) is 6.61 Å². The molecule has 0 atom stereocenters. The second-order valence-electron chi connectivity index (χ2n) is 6.58. The molecule has 0 bridgehead atoms. The molecule has 1 aromatic heterocycles. The molecule has 2 aromatic carbocycles. The van der Waals surface area contributed by atoms with Crippen molar-refractivity contribution < 1.29 is 14.3 Å². The minimum atomic E-state index is -0.471. The summed E-state index contributed by atoms with van der Waals surface area (Å²) in [6.07, 6.45) is 0. The molecule has 0 aliphatic carbocycles. The van der Waals surface area contributed by atoms with Crippen molar-refractivity contribution in [2.45, 2.75) is 27.3 Å². The predicted molar refractivity (Wildman–Crippen MR) is 107 cm³/mol. The Balaban J connectivity index is 1.61. The van der Waals surface area contributed by atoms with Crippen LogP contribution in [0.25, 0.3) is 10.9 Å². The molecule has 3 rings (SSSR count). The molecule has 0 aliphatic heterocycles. The fourth-order valence-electron chi connectivity index (χ4n) is 3.13. The van der Waals surface area contributed by atoms with Gasteiger partial charge in [0, 0.05) is 11.2 Å². The largest absolute Gasteiger partial charge is 0.454 e. The summed E-state index contributed by atoms with van der Waals surface area (Å²) >= 11 is 6.18. The third-order valence-electron chi connectivity index (χ3n) is 4.37. The minimum absolute atomic E-state index is 0.0525. The van der Waals surface area contributed by atoms with Crippen LogP contribution in [-0.2, 0) is 20.9 Å². The van der Waals surface area contributed by atoms with E-state index in [0.717, 1.165) is 27.7 Å². The van der Waals surface area contributed by atoms with E-state index < -0.39 is 11.9 Å². The van der Waals surface area contributed by atoms with Crippen LogP contribution >= 0.6 is 11.6 Å². The predicted octanol–water partition coefficient (Wildman–Crippen LogP) is 4.40. The second kappa shape index (κ2) is 7.84. The van der Waals surface area contributed by atoms with Crippen LogP contribution in [-0.4, -0.2) is 23.1 Å². The number of carbonyl (C=O) groups excluding carboxylic acids is 2. The molecule has 5 nitrogen and oxygen atoms in total. The summed E-state index contributed by atoms with van der Waals surface area (Å²) in [6.45, 7) is 5.42. The summed E-state index contributed by atoms with van der Waals surface area (Å²) in [5, 5.41) is 4.23. The second-order valence-corrected chi connectivity index (χ2v) is 6.99. The Morgan fingerprint density at radius 2 is 1.85 bits per heavy atom. The summed E-state index contributed by atoms with van der Waals surface area (Å²) in [6, 6.07) is 13.5. The van der Waals surface area contributed by atoms with Crippen molar-refractivity contribution in [1.29, 1.82) is 0 Å². The standard InChI is InChI=1S/C21H21ClN2O3/c1-13-8-14(2)21(17(22)9-13)23-19(25)12-27-20(26)11-24-15(3)10-16-6-4-5-7-18(16)24/h4-10H,11-12H2,1-3H3,(H,23,25). The smallest absolute Gasteiger partial charge is 0.326 e. The molecule has 0 radical (unpaired) electrons. The number of aromatic nitrogens is 1. The Kier molecular flexibility index (Phi) is 5.51. The lowest BCUT2D eigenvalue weighted by molar-refractivity contribution is -0.147. The highest BCUT2D eigenvalue weighted by Crippen LogP contribution is 2.27. The van der Waals surface area contributed by atoms with E-state index in [4.69, 9.17) is 16.3 Å². The fraction of sp³-hybridized carbons (Fsp3) is 0.238. The van der Waals surface area contributed by atoms with Crippen molar-refractivity contribution >= 4 is 40.1 Å². The number of hydrogen-bond donors (Lipinski definition) is 1. The van der Waals surface area contributed by atoms with E-state index in [-0.39, 0.29) is 13.2 Å². The maximum Gasteiger partial charge on any atom is 0.326 e. The molecule has 0 saturated carbocycles. The molecule has 1 amide bonds. The first kappa shape index (κ1) is 19.0. The molecule has 3 aromatic rings. The van der Waals surface area contributed by atoms with Gasteiger partial charge in [-0.2, -0.15) is 0 Å². The van der Waals surface area contributed by atoms with E-state index in [1.807, 2.05) is 61.7 Å². The fourth-order valence-corrected chi connectivity index (χ4v) is 3.50. The van der Waals surface area contributed by atoms with Crippen LogP contribution < -0.4 is 5.32 Å². The molecule has 0 aliphatic rings. The molecule has 6 heteroatoms. The lowest BCUT2D eigenvalue weighted by Gasteiger charge is -2.12. The Bertz CT molecular complexity index is 1000. The number of aryl methyl sites for hydroxylation is 3. The topological polar surface area (TPSA) is 60.3 Å². The molecule has 0 spiro atoms. The third-order valence-corrected chi connectivity index (χ3v) is 4.66. The highest BCUT2D eigenvalue weighted by molar-refractivity contribution is 6.34. The number of amides is 1. The molecule has 140 valence electrons. The number of fused-ring (bicyclic) bond motifs is 1. The zero-order valence-corrected chi connectivity index (χ0v) is 16.3. The Labute approximate surface area is 162 Å². The zero-order valence-electron chi connectivity index (χ0n) is 15.5. The van der Waals surface area contributed by atoms with Gasteiger partial charge in [-0.05, 0) is 55.5 Å². The monoisotopic (exact) mass is 384 g/mol. The summed E-state index contributed by atoms with van der Waals surface area (Å²) in [5.41, 5.74) is 4.32. The van der Waals surface area contributed by atoms with Crippen molar-refractivity contribution in [2.75, 3.05) is 11.9 Å². The number of nitrogens with one attached hydrogen (secondary N) is 1. The Morgan fingerprint density at radius 3 is 2.59 bits per heavy atom. The van der Waals surface area contributed by atoms with E-state index in [9.17, 15) is 9.59 Å². The van der Waals surface area contributed by atoms with Crippen molar-refractivity contribution in [2.24, 2.45) is 0 Å². The summed E-state index contributed by atoms with van der Waals surface area (Å²) in [4.78, 5) is 24.3.